The first kappa shape index (κ1) is 14.8. The van der Waals surface area contributed by atoms with E-state index in [1.165, 1.54) is 12.2 Å². The molecule has 0 spiro atoms. The van der Waals surface area contributed by atoms with Crippen molar-refractivity contribution in [2.24, 2.45) is 5.41 Å². The molecule has 1 amide bonds. The fraction of sp³-hybridized carbons (Fsp3) is 0.923. The maximum Gasteiger partial charge on any atom is 0.236 e. The van der Waals surface area contributed by atoms with E-state index in [1.807, 2.05) is 30.5 Å². The topological polar surface area (TPSA) is 32.3 Å². The van der Waals surface area contributed by atoms with Crippen LogP contribution in [0.15, 0.2) is 0 Å². The van der Waals surface area contributed by atoms with Gasteiger partial charge in [-0.25, -0.2) is 0 Å². The lowest BCUT2D eigenvalue weighted by atomic mass is 9.82. The van der Waals surface area contributed by atoms with Gasteiger partial charge in [0.1, 0.15) is 0 Å². The van der Waals surface area contributed by atoms with E-state index in [1.54, 1.807) is 0 Å². The summed E-state index contributed by atoms with van der Waals surface area (Å²) < 4.78 is 0. The van der Waals surface area contributed by atoms with Crippen LogP contribution in [0.5, 0.6) is 0 Å². The smallest absolute Gasteiger partial charge is 0.236 e. The Hall–Kier alpha value is -0.220. The van der Waals surface area contributed by atoms with E-state index in [0.717, 1.165) is 18.8 Å². The number of amides is 1. The van der Waals surface area contributed by atoms with E-state index < -0.39 is 0 Å². The van der Waals surface area contributed by atoms with Gasteiger partial charge >= 0.3 is 0 Å². The molecule has 1 aliphatic heterocycles. The summed E-state index contributed by atoms with van der Waals surface area (Å²) in [6, 6.07) is 0.459. The maximum absolute atomic E-state index is 11.9. The van der Waals surface area contributed by atoms with E-state index in [2.05, 4.69) is 19.2 Å². The molecule has 0 aliphatic carbocycles. The summed E-state index contributed by atoms with van der Waals surface area (Å²) in [5.74, 6) is 2.59. The third kappa shape index (κ3) is 4.18. The van der Waals surface area contributed by atoms with Crippen molar-refractivity contribution in [3.63, 3.8) is 0 Å². The summed E-state index contributed by atoms with van der Waals surface area (Å²) in [6.45, 7) is 10.7. The molecule has 1 aliphatic rings. The van der Waals surface area contributed by atoms with Crippen LogP contribution in [-0.2, 0) is 4.79 Å². The van der Waals surface area contributed by atoms with Crippen molar-refractivity contribution in [3.8, 4) is 0 Å². The first-order chi connectivity index (χ1) is 8.01. The van der Waals surface area contributed by atoms with Crippen molar-refractivity contribution < 1.29 is 4.79 Å². The molecule has 0 aromatic heterocycles. The lowest BCUT2D eigenvalue weighted by Gasteiger charge is -2.39. The van der Waals surface area contributed by atoms with Gasteiger partial charge in [0.25, 0.3) is 0 Å². The number of likely N-dealkylation sites (N-methyl/N-ethyl adjacent to an activating group) is 1. The zero-order valence-corrected chi connectivity index (χ0v) is 12.4. The lowest BCUT2D eigenvalue weighted by molar-refractivity contribution is -0.130. The number of carbonyl (C=O) groups excluding carboxylic acids is 1. The third-order valence-electron chi connectivity index (χ3n) is 3.73. The highest BCUT2D eigenvalue weighted by molar-refractivity contribution is 7.99. The first-order valence-corrected chi connectivity index (χ1v) is 7.75. The molecule has 0 radical (unpaired) electrons. The third-order valence-corrected chi connectivity index (χ3v) is 4.80. The Morgan fingerprint density at radius 3 is 2.59 bits per heavy atom. The van der Waals surface area contributed by atoms with Gasteiger partial charge in [-0.05, 0) is 31.4 Å². The van der Waals surface area contributed by atoms with E-state index in [0.29, 0.717) is 18.0 Å². The number of thioether (sulfide) groups is 1. The molecule has 1 atom stereocenters. The summed E-state index contributed by atoms with van der Waals surface area (Å²) in [7, 11) is 0. The van der Waals surface area contributed by atoms with Crippen molar-refractivity contribution in [2.75, 3.05) is 31.1 Å². The summed E-state index contributed by atoms with van der Waals surface area (Å²) in [6.07, 6.45) is 1.23. The molecular formula is C13H26N2OS. The Morgan fingerprint density at radius 1 is 1.41 bits per heavy atom. The predicted octanol–water partition coefficient (Wildman–Crippen LogP) is 1.98. The maximum atomic E-state index is 11.9. The molecule has 1 N–H and O–H groups in total. The number of hydrogen-bond donors (Lipinski definition) is 1. The van der Waals surface area contributed by atoms with Crippen LogP contribution in [0.3, 0.4) is 0 Å². The van der Waals surface area contributed by atoms with Crippen LogP contribution >= 0.6 is 11.8 Å². The van der Waals surface area contributed by atoms with Crippen molar-refractivity contribution in [1.82, 2.24) is 10.2 Å². The van der Waals surface area contributed by atoms with Gasteiger partial charge < -0.3 is 10.2 Å². The standard InChI is InChI=1S/C13H26N2OS/c1-5-15(6-2)12(16)9-14-11-10-17-8-7-13(11,3)4/h11,14H,5-10H2,1-4H3. The normalized spacial score (nSPS) is 23.4. The van der Waals surface area contributed by atoms with Gasteiger partial charge in [0.2, 0.25) is 5.91 Å². The highest BCUT2D eigenvalue weighted by atomic mass is 32.2. The molecular weight excluding hydrogens is 232 g/mol. The summed E-state index contributed by atoms with van der Waals surface area (Å²) in [4.78, 5) is 13.8. The second-order valence-corrected chi connectivity index (χ2v) is 6.46. The van der Waals surface area contributed by atoms with Crippen molar-refractivity contribution >= 4 is 17.7 Å². The van der Waals surface area contributed by atoms with E-state index in [9.17, 15) is 4.79 Å². The second kappa shape index (κ2) is 6.64. The Bertz CT molecular complexity index is 252. The van der Waals surface area contributed by atoms with E-state index >= 15 is 0 Å². The minimum atomic E-state index is 0.223. The Morgan fingerprint density at radius 2 is 2.06 bits per heavy atom. The molecule has 100 valence electrons. The number of carbonyl (C=O) groups is 1. The second-order valence-electron chi connectivity index (χ2n) is 5.31. The van der Waals surface area contributed by atoms with Gasteiger partial charge in [-0.1, -0.05) is 13.8 Å². The van der Waals surface area contributed by atoms with Gasteiger partial charge in [-0.15, -0.1) is 0 Å². The van der Waals surface area contributed by atoms with E-state index in [4.69, 9.17) is 0 Å². The van der Waals surface area contributed by atoms with Crippen LogP contribution in [0, 0.1) is 5.41 Å². The molecule has 0 aromatic carbocycles. The van der Waals surface area contributed by atoms with Crippen LogP contribution in [0.25, 0.3) is 0 Å². The highest BCUT2D eigenvalue weighted by Crippen LogP contribution is 2.33. The fourth-order valence-corrected chi connectivity index (χ4v) is 3.81. The minimum Gasteiger partial charge on any atom is -0.342 e. The number of hydrogen-bond acceptors (Lipinski definition) is 3. The largest absolute Gasteiger partial charge is 0.342 e. The molecule has 1 saturated heterocycles. The van der Waals surface area contributed by atoms with E-state index in [-0.39, 0.29) is 5.91 Å². The highest BCUT2D eigenvalue weighted by Gasteiger charge is 2.32. The summed E-state index contributed by atoms with van der Waals surface area (Å²) >= 11 is 1.99. The SMILES string of the molecule is CCN(CC)C(=O)CNC1CSCCC1(C)C. The first-order valence-electron chi connectivity index (χ1n) is 6.60. The molecule has 1 unspecified atom stereocenters. The molecule has 4 heteroatoms. The van der Waals surface area contributed by atoms with Crippen LogP contribution < -0.4 is 5.32 Å². The number of nitrogens with one attached hydrogen (secondary N) is 1. The van der Waals surface area contributed by atoms with Crippen LogP contribution in [0.2, 0.25) is 0 Å². The molecule has 3 nitrogen and oxygen atoms in total. The van der Waals surface area contributed by atoms with Crippen LogP contribution in [0.1, 0.15) is 34.1 Å². The predicted molar refractivity (Wildman–Crippen MR) is 75.4 cm³/mol. The van der Waals surface area contributed by atoms with Gasteiger partial charge in [-0.2, -0.15) is 11.8 Å². The van der Waals surface area contributed by atoms with Gasteiger partial charge in [0.05, 0.1) is 6.54 Å². The van der Waals surface area contributed by atoms with Crippen LogP contribution in [0.4, 0.5) is 0 Å². The molecule has 0 saturated carbocycles. The average molecular weight is 258 g/mol. The summed E-state index contributed by atoms with van der Waals surface area (Å²) in [5.41, 5.74) is 0.314. The zero-order chi connectivity index (χ0) is 12.9. The molecule has 0 aromatic rings. The van der Waals surface area contributed by atoms with Crippen LogP contribution in [-0.4, -0.2) is 48.0 Å². The quantitative estimate of drug-likeness (QED) is 0.818. The number of rotatable bonds is 5. The van der Waals surface area contributed by atoms with Gasteiger partial charge in [-0.3, -0.25) is 4.79 Å². The molecule has 1 fully saturated rings. The van der Waals surface area contributed by atoms with Crippen molar-refractivity contribution in [3.05, 3.63) is 0 Å². The number of nitrogens with zero attached hydrogens (tertiary/aromatic N) is 1. The zero-order valence-electron chi connectivity index (χ0n) is 11.6. The molecule has 1 rings (SSSR count). The Balaban J connectivity index is 2.41. The average Bonchev–Trinajstić information content (AvgIpc) is 2.28. The Kier molecular flexibility index (Phi) is 5.80. The fourth-order valence-electron chi connectivity index (χ4n) is 2.17. The summed E-state index contributed by atoms with van der Waals surface area (Å²) in [5, 5.41) is 3.45. The molecule has 0 bridgehead atoms. The lowest BCUT2D eigenvalue weighted by Crippen LogP contribution is -2.50. The molecule has 1 heterocycles. The monoisotopic (exact) mass is 258 g/mol. The molecule has 17 heavy (non-hydrogen) atoms. The van der Waals surface area contributed by atoms with Gasteiger partial charge in [0, 0.05) is 24.9 Å². The van der Waals surface area contributed by atoms with Gasteiger partial charge in [0.15, 0.2) is 0 Å². The minimum absolute atomic E-state index is 0.223. The van der Waals surface area contributed by atoms with Crippen molar-refractivity contribution in [1.29, 1.82) is 0 Å². The Labute approximate surface area is 110 Å². The van der Waals surface area contributed by atoms with Crippen molar-refractivity contribution in [2.45, 2.75) is 40.2 Å².